The SMILES string of the molecule is NS(=O)(=O)c1ccc(-c2c(-c3ccc(C(F)(F)F)cc3)noc2CF)cc1F. The number of alkyl halides is 4. The van der Waals surface area contributed by atoms with Crippen molar-refractivity contribution in [3.05, 3.63) is 59.6 Å². The van der Waals surface area contributed by atoms with Crippen LogP contribution in [0.4, 0.5) is 22.0 Å². The van der Waals surface area contributed by atoms with Crippen LogP contribution in [0.3, 0.4) is 0 Å². The van der Waals surface area contributed by atoms with Crippen molar-refractivity contribution in [2.45, 2.75) is 17.7 Å². The zero-order chi connectivity index (χ0) is 20.7. The lowest BCUT2D eigenvalue weighted by atomic mass is 9.98. The molecule has 1 aromatic heterocycles. The second kappa shape index (κ2) is 6.99. The summed E-state index contributed by atoms with van der Waals surface area (Å²) in [6.45, 7) is -1.12. The van der Waals surface area contributed by atoms with E-state index < -0.39 is 39.2 Å². The fraction of sp³-hybridized carbons (Fsp3) is 0.118. The minimum Gasteiger partial charge on any atom is -0.357 e. The Hall–Kier alpha value is -2.79. The molecular formula is C17H11F5N2O3S. The van der Waals surface area contributed by atoms with Crippen LogP contribution in [0, 0.1) is 5.82 Å². The summed E-state index contributed by atoms with van der Waals surface area (Å²) in [5, 5.41) is 8.57. The molecule has 0 bridgehead atoms. The minimum absolute atomic E-state index is 0.0119. The van der Waals surface area contributed by atoms with Crippen LogP contribution < -0.4 is 5.14 Å². The van der Waals surface area contributed by atoms with Crippen molar-refractivity contribution < 1.29 is 34.9 Å². The van der Waals surface area contributed by atoms with Crippen LogP contribution in [-0.4, -0.2) is 13.6 Å². The van der Waals surface area contributed by atoms with Gasteiger partial charge in [0.1, 0.15) is 16.4 Å². The van der Waals surface area contributed by atoms with Crippen molar-refractivity contribution in [3.63, 3.8) is 0 Å². The van der Waals surface area contributed by atoms with Gasteiger partial charge in [0.25, 0.3) is 0 Å². The number of benzene rings is 2. The summed E-state index contributed by atoms with van der Waals surface area (Å²) in [5.41, 5.74) is -0.738. The Labute approximate surface area is 155 Å². The quantitative estimate of drug-likeness (QED) is 0.641. The van der Waals surface area contributed by atoms with Gasteiger partial charge in [-0.15, -0.1) is 0 Å². The zero-order valence-electron chi connectivity index (χ0n) is 13.8. The predicted octanol–water partition coefficient (Wildman–Crippen LogP) is 4.28. The smallest absolute Gasteiger partial charge is 0.357 e. The number of hydrogen-bond donors (Lipinski definition) is 1. The summed E-state index contributed by atoms with van der Waals surface area (Å²) in [6, 6.07) is 6.72. The number of halogens is 5. The Morgan fingerprint density at radius 2 is 1.64 bits per heavy atom. The third-order valence-corrected chi connectivity index (χ3v) is 4.84. The summed E-state index contributed by atoms with van der Waals surface area (Å²) in [5.74, 6) is -1.47. The molecule has 0 unspecified atom stereocenters. The van der Waals surface area contributed by atoms with E-state index in [9.17, 15) is 30.4 Å². The van der Waals surface area contributed by atoms with Gasteiger partial charge in [0, 0.05) is 5.56 Å². The van der Waals surface area contributed by atoms with Crippen molar-refractivity contribution in [2.24, 2.45) is 5.14 Å². The second-order valence-electron chi connectivity index (χ2n) is 5.73. The molecule has 0 radical (unpaired) electrons. The third kappa shape index (κ3) is 3.76. The van der Waals surface area contributed by atoms with Crippen LogP contribution in [-0.2, 0) is 22.9 Å². The van der Waals surface area contributed by atoms with Gasteiger partial charge in [-0.05, 0) is 29.8 Å². The van der Waals surface area contributed by atoms with Crippen LogP contribution >= 0.6 is 0 Å². The number of nitrogens with two attached hydrogens (primary N) is 1. The standard InChI is InChI=1S/C17H11F5N2O3S/c18-8-13-15(10-3-6-14(12(19)7-10)28(23,25)26)16(24-27-13)9-1-4-11(5-2-9)17(20,21)22/h1-7H,8H2,(H2,23,25,26). The summed E-state index contributed by atoms with van der Waals surface area (Å²) < 4.78 is 93.2. The molecule has 0 atom stereocenters. The molecule has 0 aliphatic carbocycles. The van der Waals surface area contributed by atoms with Crippen molar-refractivity contribution in [1.82, 2.24) is 5.16 Å². The van der Waals surface area contributed by atoms with Crippen LogP contribution in [0.25, 0.3) is 22.4 Å². The van der Waals surface area contributed by atoms with Crippen LogP contribution in [0.2, 0.25) is 0 Å². The Kier molecular flexibility index (Phi) is 4.98. The van der Waals surface area contributed by atoms with Gasteiger partial charge in [-0.3, -0.25) is 0 Å². The van der Waals surface area contributed by atoms with E-state index in [1.165, 1.54) is 6.07 Å². The molecule has 1 heterocycles. The van der Waals surface area contributed by atoms with E-state index in [0.29, 0.717) is 0 Å². The maximum atomic E-state index is 14.2. The first kappa shape index (κ1) is 20.0. The van der Waals surface area contributed by atoms with Crippen LogP contribution in [0.15, 0.2) is 51.9 Å². The van der Waals surface area contributed by atoms with Crippen molar-refractivity contribution in [3.8, 4) is 22.4 Å². The molecule has 2 aromatic carbocycles. The monoisotopic (exact) mass is 418 g/mol. The first-order valence-electron chi connectivity index (χ1n) is 7.57. The highest BCUT2D eigenvalue weighted by molar-refractivity contribution is 7.89. The number of aromatic nitrogens is 1. The number of sulfonamides is 1. The molecule has 0 amide bonds. The van der Waals surface area contributed by atoms with Gasteiger partial charge in [-0.25, -0.2) is 22.3 Å². The predicted molar refractivity (Wildman–Crippen MR) is 88.5 cm³/mol. The Balaban J connectivity index is 2.13. The molecule has 148 valence electrons. The average molecular weight is 418 g/mol. The largest absolute Gasteiger partial charge is 0.416 e. The average Bonchev–Trinajstić information content (AvgIpc) is 3.04. The maximum Gasteiger partial charge on any atom is 0.416 e. The first-order chi connectivity index (χ1) is 13.0. The molecule has 2 N–H and O–H groups in total. The minimum atomic E-state index is -4.54. The van der Waals surface area contributed by atoms with E-state index >= 15 is 0 Å². The molecule has 3 aromatic rings. The first-order valence-corrected chi connectivity index (χ1v) is 9.12. The molecular weight excluding hydrogens is 407 g/mol. The molecule has 0 fully saturated rings. The highest BCUT2D eigenvalue weighted by atomic mass is 32.2. The second-order valence-corrected chi connectivity index (χ2v) is 7.26. The molecule has 11 heteroatoms. The van der Waals surface area contributed by atoms with E-state index in [4.69, 9.17) is 9.66 Å². The van der Waals surface area contributed by atoms with Gasteiger partial charge < -0.3 is 4.52 Å². The van der Waals surface area contributed by atoms with Crippen LogP contribution in [0.1, 0.15) is 11.3 Å². The van der Waals surface area contributed by atoms with E-state index in [1.54, 1.807) is 0 Å². The highest BCUT2D eigenvalue weighted by Crippen LogP contribution is 2.37. The fourth-order valence-corrected chi connectivity index (χ4v) is 3.20. The number of primary sulfonamides is 1. The van der Waals surface area contributed by atoms with Crippen LogP contribution in [0.5, 0.6) is 0 Å². The number of rotatable bonds is 4. The topological polar surface area (TPSA) is 86.2 Å². The van der Waals surface area contributed by atoms with E-state index in [0.717, 1.165) is 36.4 Å². The summed E-state index contributed by atoms with van der Waals surface area (Å²) in [6.07, 6.45) is -4.54. The number of nitrogens with zero attached hydrogens (tertiary/aromatic N) is 1. The Morgan fingerprint density at radius 1 is 1.04 bits per heavy atom. The maximum absolute atomic E-state index is 14.2. The lowest BCUT2D eigenvalue weighted by Gasteiger charge is -2.08. The number of hydrogen-bond acceptors (Lipinski definition) is 4. The lowest BCUT2D eigenvalue weighted by Crippen LogP contribution is -2.14. The summed E-state index contributed by atoms with van der Waals surface area (Å²) >= 11 is 0. The third-order valence-electron chi connectivity index (χ3n) is 3.90. The van der Waals surface area contributed by atoms with Gasteiger partial charge >= 0.3 is 6.18 Å². The molecule has 3 rings (SSSR count). The van der Waals surface area contributed by atoms with Gasteiger partial charge in [0.05, 0.1) is 11.1 Å². The van der Waals surface area contributed by atoms with Gasteiger partial charge in [-0.1, -0.05) is 23.4 Å². The van der Waals surface area contributed by atoms with E-state index in [2.05, 4.69) is 5.16 Å². The summed E-state index contributed by atoms with van der Waals surface area (Å²) in [4.78, 5) is -0.759. The Bertz CT molecular complexity index is 1120. The molecule has 5 nitrogen and oxygen atoms in total. The molecule has 0 saturated heterocycles. The Morgan fingerprint density at radius 3 is 2.14 bits per heavy atom. The molecule has 0 aliphatic heterocycles. The fourth-order valence-electron chi connectivity index (χ4n) is 2.61. The van der Waals surface area contributed by atoms with Gasteiger partial charge in [-0.2, -0.15) is 13.2 Å². The molecule has 0 aliphatic rings. The van der Waals surface area contributed by atoms with E-state index in [-0.39, 0.29) is 28.1 Å². The molecule has 0 saturated carbocycles. The van der Waals surface area contributed by atoms with Gasteiger partial charge in [0.15, 0.2) is 12.4 Å². The van der Waals surface area contributed by atoms with Crippen molar-refractivity contribution in [1.29, 1.82) is 0 Å². The zero-order valence-corrected chi connectivity index (χ0v) is 14.6. The highest BCUT2D eigenvalue weighted by Gasteiger charge is 2.30. The van der Waals surface area contributed by atoms with Crippen molar-refractivity contribution in [2.75, 3.05) is 0 Å². The molecule has 0 spiro atoms. The van der Waals surface area contributed by atoms with Gasteiger partial charge in [0.2, 0.25) is 10.0 Å². The molecule has 28 heavy (non-hydrogen) atoms. The lowest BCUT2D eigenvalue weighted by molar-refractivity contribution is -0.137. The normalized spacial score (nSPS) is 12.4. The van der Waals surface area contributed by atoms with E-state index in [1.807, 2.05) is 0 Å². The summed E-state index contributed by atoms with van der Waals surface area (Å²) in [7, 11) is -4.31. The van der Waals surface area contributed by atoms with Crippen molar-refractivity contribution >= 4 is 10.0 Å².